The van der Waals surface area contributed by atoms with E-state index in [2.05, 4.69) is 15.6 Å². The summed E-state index contributed by atoms with van der Waals surface area (Å²) in [5, 5.41) is 6.39. The summed E-state index contributed by atoms with van der Waals surface area (Å²) in [5.74, 6) is 0.877. The van der Waals surface area contributed by atoms with Gasteiger partial charge in [-0.25, -0.2) is 0 Å². The highest BCUT2D eigenvalue weighted by Gasteiger charge is 2.13. The normalized spacial score (nSPS) is 13.0. The molecule has 2 aromatic rings. The first-order valence-electron chi connectivity index (χ1n) is 6.96. The highest BCUT2D eigenvalue weighted by molar-refractivity contribution is 5.98. The Bertz CT molecular complexity index is 629. The van der Waals surface area contributed by atoms with Crippen LogP contribution in [0.2, 0.25) is 0 Å². The maximum Gasteiger partial charge on any atom is 0.176 e. The average molecular weight is 283 g/mol. The summed E-state index contributed by atoms with van der Waals surface area (Å²) in [6, 6.07) is 9.36. The number of fused-ring (bicyclic) bond motifs is 1. The quantitative estimate of drug-likeness (QED) is 0.820. The van der Waals surface area contributed by atoms with Crippen LogP contribution < -0.4 is 15.4 Å². The monoisotopic (exact) mass is 283 g/mol. The van der Waals surface area contributed by atoms with Gasteiger partial charge in [0.25, 0.3) is 0 Å². The van der Waals surface area contributed by atoms with Crippen LogP contribution in [0, 0.1) is 0 Å². The van der Waals surface area contributed by atoms with Crippen LogP contribution >= 0.6 is 0 Å². The molecule has 1 aromatic heterocycles. The third-order valence-corrected chi connectivity index (χ3v) is 3.34. The number of nitrogens with one attached hydrogen (secondary N) is 2. The molecule has 2 N–H and O–H groups in total. The molecule has 1 aromatic carbocycles. The first-order chi connectivity index (χ1) is 10.3. The lowest BCUT2D eigenvalue weighted by molar-refractivity contribution is 0.0991. The summed E-state index contributed by atoms with van der Waals surface area (Å²) in [6.07, 6.45) is 3.49. The standard InChI is InChI=1S/C16H17N3O2/c20-15(11-18-10-12-3-5-17-6-4-12)13-1-2-16-14(9-13)19-7-8-21-16/h1-6,9,18-19H,7-8,10-11H2. The summed E-state index contributed by atoms with van der Waals surface area (Å²) in [4.78, 5) is 16.1. The number of aromatic nitrogens is 1. The lowest BCUT2D eigenvalue weighted by Crippen LogP contribution is -2.23. The number of rotatable bonds is 5. The van der Waals surface area contributed by atoms with Crippen molar-refractivity contribution in [3.8, 4) is 5.75 Å². The Kier molecular flexibility index (Phi) is 4.12. The van der Waals surface area contributed by atoms with Crippen LogP contribution in [0.5, 0.6) is 5.75 Å². The van der Waals surface area contributed by atoms with Crippen molar-refractivity contribution < 1.29 is 9.53 Å². The molecule has 0 unspecified atom stereocenters. The molecule has 5 heteroatoms. The molecule has 2 heterocycles. The zero-order chi connectivity index (χ0) is 14.5. The first-order valence-corrected chi connectivity index (χ1v) is 6.96. The van der Waals surface area contributed by atoms with Gasteiger partial charge in [0.2, 0.25) is 0 Å². The third kappa shape index (κ3) is 3.38. The van der Waals surface area contributed by atoms with Crippen LogP contribution in [0.3, 0.4) is 0 Å². The fraction of sp³-hybridized carbons (Fsp3) is 0.250. The Morgan fingerprint density at radius 3 is 3.00 bits per heavy atom. The van der Waals surface area contributed by atoms with E-state index >= 15 is 0 Å². The average Bonchev–Trinajstić information content (AvgIpc) is 2.55. The van der Waals surface area contributed by atoms with Crippen molar-refractivity contribution in [2.75, 3.05) is 25.0 Å². The van der Waals surface area contributed by atoms with Crippen LogP contribution in [-0.2, 0) is 6.54 Å². The molecule has 0 saturated carbocycles. The number of carbonyl (C=O) groups is 1. The minimum Gasteiger partial charge on any atom is -0.490 e. The minimum atomic E-state index is 0.0687. The van der Waals surface area contributed by atoms with Crippen molar-refractivity contribution >= 4 is 11.5 Å². The van der Waals surface area contributed by atoms with Gasteiger partial charge in [-0.15, -0.1) is 0 Å². The van der Waals surface area contributed by atoms with Crippen LogP contribution in [0.4, 0.5) is 5.69 Å². The number of ether oxygens (including phenoxy) is 1. The van der Waals surface area contributed by atoms with Gasteiger partial charge < -0.3 is 15.4 Å². The fourth-order valence-corrected chi connectivity index (χ4v) is 2.24. The second-order valence-electron chi connectivity index (χ2n) is 4.87. The number of ketones is 1. The predicted molar refractivity (Wildman–Crippen MR) is 80.7 cm³/mol. The molecule has 0 spiro atoms. The van der Waals surface area contributed by atoms with Crippen molar-refractivity contribution in [1.29, 1.82) is 0 Å². The van der Waals surface area contributed by atoms with E-state index in [1.165, 1.54) is 0 Å². The number of anilines is 1. The van der Waals surface area contributed by atoms with E-state index in [0.717, 1.165) is 23.5 Å². The smallest absolute Gasteiger partial charge is 0.176 e. The zero-order valence-electron chi connectivity index (χ0n) is 11.6. The third-order valence-electron chi connectivity index (χ3n) is 3.34. The number of Topliss-reactive ketones (excluding diaryl/α,β-unsaturated/α-hetero) is 1. The summed E-state index contributed by atoms with van der Waals surface area (Å²) in [7, 11) is 0. The Morgan fingerprint density at radius 2 is 2.14 bits per heavy atom. The molecule has 21 heavy (non-hydrogen) atoms. The van der Waals surface area contributed by atoms with Gasteiger partial charge in [-0.3, -0.25) is 9.78 Å². The van der Waals surface area contributed by atoms with Gasteiger partial charge in [0.05, 0.1) is 12.2 Å². The van der Waals surface area contributed by atoms with Gasteiger partial charge in [-0.05, 0) is 35.9 Å². The van der Waals surface area contributed by atoms with E-state index in [0.29, 0.717) is 25.3 Å². The first kappa shape index (κ1) is 13.6. The van der Waals surface area contributed by atoms with Gasteiger partial charge in [-0.1, -0.05) is 0 Å². The lowest BCUT2D eigenvalue weighted by atomic mass is 10.1. The lowest BCUT2D eigenvalue weighted by Gasteiger charge is -2.19. The molecule has 1 aliphatic heterocycles. The van der Waals surface area contributed by atoms with Crippen LogP contribution in [-0.4, -0.2) is 30.5 Å². The van der Waals surface area contributed by atoms with Gasteiger partial charge in [0.1, 0.15) is 12.4 Å². The Hall–Kier alpha value is -2.40. The highest BCUT2D eigenvalue weighted by atomic mass is 16.5. The summed E-state index contributed by atoms with van der Waals surface area (Å²) >= 11 is 0. The molecule has 0 amide bonds. The number of hydrogen-bond acceptors (Lipinski definition) is 5. The number of hydrogen-bond donors (Lipinski definition) is 2. The Labute approximate surface area is 123 Å². The second-order valence-corrected chi connectivity index (χ2v) is 4.87. The molecule has 0 atom stereocenters. The molecule has 0 saturated heterocycles. The molecule has 1 aliphatic rings. The number of benzene rings is 1. The molecule has 0 fully saturated rings. The number of pyridine rings is 1. The van der Waals surface area contributed by atoms with Crippen molar-refractivity contribution in [1.82, 2.24) is 10.3 Å². The molecule has 3 rings (SSSR count). The molecule has 5 nitrogen and oxygen atoms in total. The van der Waals surface area contributed by atoms with E-state index in [4.69, 9.17) is 4.74 Å². The van der Waals surface area contributed by atoms with Crippen LogP contribution in [0.15, 0.2) is 42.7 Å². The van der Waals surface area contributed by atoms with Crippen molar-refractivity contribution in [3.05, 3.63) is 53.9 Å². The Balaban J connectivity index is 1.58. The SMILES string of the molecule is O=C(CNCc1ccncc1)c1ccc2c(c1)NCCO2. The maximum absolute atomic E-state index is 12.2. The topological polar surface area (TPSA) is 63.2 Å². The molecular weight excluding hydrogens is 266 g/mol. The van der Waals surface area contributed by atoms with Crippen molar-refractivity contribution in [2.24, 2.45) is 0 Å². The van der Waals surface area contributed by atoms with Crippen LogP contribution in [0.1, 0.15) is 15.9 Å². The van der Waals surface area contributed by atoms with Gasteiger partial charge in [0, 0.05) is 31.0 Å². The molecule has 0 aliphatic carbocycles. The molecule has 108 valence electrons. The van der Waals surface area contributed by atoms with E-state index in [-0.39, 0.29) is 5.78 Å². The highest BCUT2D eigenvalue weighted by Crippen LogP contribution is 2.28. The number of carbonyl (C=O) groups excluding carboxylic acids is 1. The van der Waals surface area contributed by atoms with E-state index < -0.39 is 0 Å². The van der Waals surface area contributed by atoms with Crippen molar-refractivity contribution in [3.63, 3.8) is 0 Å². The van der Waals surface area contributed by atoms with Gasteiger partial charge in [0.15, 0.2) is 5.78 Å². The predicted octanol–water partition coefficient (Wildman–Crippen LogP) is 1.86. The van der Waals surface area contributed by atoms with E-state index in [1.54, 1.807) is 12.4 Å². The second kappa shape index (κ2) is 6.37. The maximum atomic E-state index is 12.2. The molecule has 0 bridgehead atoms. The summed E-state index contributed by atoms with van der Waals surface area (Å²) < 4.78 is 5.50. The summed E-state index contributed by atoms with van der Waals surface area (Å²) in [5.41, 5.74) is 2.69. The minimum absolute atomic E-state index is 0.0687. The summed E-state index contributed by atoms with van der Waals surface area (Å²) in [6.45, 7) is 2.39. The van der Waals surface area contributed by atoms with Gasteiger partial charge in [-0.2, -0.15) is 0 Å². The van der Waals surface area contributed by atoms with Gasteiger partial charge >= 0.3 is 0 Å². The fourth-order valence-electron chi connectivity index (χ4n) is 2.24. The van der Waals surface area contributed by atoms with E-state index in [9.17, 15) is 4.79 Å². The Morgan fingerprint density at radius 1 is 1.29 bits per heavy atom. The molecular formula is C16H17N3O2. The zero-order valence-corrected chi connectivity index (χ0v) is 11.6. The number of nitrogens with zero attached hydrogens (tertiary/aromatic N) is 1. The van der Waals surface area contributed by atoms with E-state index in [1.807, 2.05) is 30.3 Å². The van der Waals surface area contributed by atoms with Crippen molar-refractivity contribution in [2.45, 2.75) is 6.54 Å². The largest absolute Gasteiger partial charge is 0.490 e. The van der Waals surface area contributed by atoms with Crippen LogP contribution in [0.25, 0.3) is 0 Å². The molecule has 0 radical (unpaired) electrons.